The van der Waals surface area contributed by atoms with Crippen LogP contribution in [0.3, 0.4) is 0 Å². The van der Waals surface area contributed by atoms with E-state index in [2.05, 4.69) is 15.6 Å². The van der Waals surface area contributed by atoms with Crippen LogP contribution in [0.2, 0.25) is 5.02 Å². The molecule has 0 aliphatic heterocycles. The van der Waals surface area contributed by atoms with Gasteiger partial charge in [-0.1, -0.05) is 11.6 Å². The van der Waals surface area contributed by atoms with Crippen molar-refractivity contribution in [1.29, 1.82) is 0 Å². The third kappa shape index (κ3) is 4.32. The maximum absolute atomic E-state index is 11.8. The van der Waals surface area contributed by atoms with Gasteiger partial charge in [0, 0.05) is 33.9 Å². The number of nitrogens with one attached hydrogen (secondary N) is 2. The Hall–Kier alpha value is -1.38. The summed E-state index contributed by atoms with van der Waals surface area (Å²) in [5, 5.41) is 5.61. The molecule has 1 aromatic heterocycles. The van der Waals surface area contributed by atoms with E-state index in [-0.39, 0.29) is 17.9 Å². The summed E-state index contributed by atoms with van der Waals surface area (Å²) in [5.41, 5.74) is 0.274. The van der Waals surface area contributed by atoms with Gasteiger partial charge in [-0.15, -0.1) is 0 Å². The van der Waals surface area contributed by atoms with E-state index in [1.165, 1.54) is 26.4 Å². The summed E-state index contributed by atoms with van der Waals surface area (Å²) in [6, 6.07) is 1.47. The third-order valence-electron chi connectivity index (χ3n) is 2.54. The molecule has 0 aliphatic rings. The second kappa shape index (κ2) is 6.87. The number of aromatic nitrogens is 1. The predicted molar refractivity (Wildman–Crippen MR) is 78.6 cm³/mol. The topological polar surface area (TPSA) is 91.4 Å². The van der Waals surface area contributed by atoms with Gasteiger partial charge in [0.25, 0.3) is 5.91 Å². The number of amides is 1. The van der Waals surface area contributed by atoms with Crippen molar-refractivity contribution in [1.82, 2.24) is 14.6 Å². The Morgan fingerprint density at radius 3 is 2.60 bits per heavy atom. The van der Waals surface area contributed by atoms with Gasteiger partial charge in [-0.2, -0.15) is 0 Å². The normalized spacial score (nSPS) is 11.4. The van der Waals surface area contributed by atoms with Gasteiger partial charge in [-0.05, 0) is 6.07 Å². The fraction of sp³-hybridized carbons (Fsp3) is 0.455. The summed E-state index contributed by atoms with van der Waals surface area (Å²) in [6.45, 7) is 0.0186. The van der Waals surface area contributed by atoms with Crippen LogP contribution in [0.25, 0.3) is 0 Å². The molecule has 0 saturated carbocycles. The van der Waals surface area contributed by atoms with E-state index in [4.69, 9.17) is 11.6 Å². The number of hydrogen-bond acceptors (Lipinski definition) is 5. The molecular formula is C11H17ClN4O3S. The van der Waals surface area contributed by atoms with Crippen LogP contribution in [0.5, 0.6) is 0 Å². The maximum atomic E-state index is 11.8. The molecule has 0 unspecified atom stereocenters. The van der Waals surface area contributed by atoms with Crippen LogP contribution in [-0.2, 0) is 10.0 Å². The highest BCUT2D eigenvalue weighted by atomic mass is 35.5. The number of hydrogen-bond donors (Lipinski definition) is 2. The highest BCUT2D eigenvalue weighted by molar-refractivity contribution is 7.89. The van der Waals surface area contributed by atoms with E-state index >= 15 is 0 Å². The molecule has 0 saturated heterocycles. The lowest BCUT2D eigenvalue weighted by Gasteiger charge is -2.11. The van der Waals surface area contributed by atoms with Crippen molar-refractivity contribution < 1.29 is 13.2 Å². The molecule has 20 heavy (non-hydrogen) atoms. The molecule has 0 spiro atoms. The van der Waals surface area contributed by atoms with Crippen molar-refractivity contribution in [2.45, 2.75) is 0 Å². The van der Waals surface area contributed by atoms with Gasteiger partial charge < -0.3 is 10.6 Å². The number of carbonyl (C=O) groups is 1. The number of carbonyl (C=O) groups excluding carboxylic acids is 1. The van der Waals surface area contributed by atoms with Crippen molar-refractivity contribution in [3.05, 3.63) is 22.8 Å². The van der Waals surface area contributed by atoms with Gasteiger partial charge in [0.1, 0.15) is 5.82 Å². The molecule has 1 heterocycles. The summed E-state index contributed by atoms with van der Waals surface area (Å²) in [6.07, 6.45) is 1.37. The molecule has 2 N–H and O–H groups in total. The van der Waals surface area contributed by atoms with Crippen molar-refractivity contribution in [3.8, 4) is 0 Å². The van der Waals surface area contributed by atoms with Gasteiger partial charge in [-0.25, -0.2) is 17.7 Å². The molecular weight excluding hydrogens is 304 g/mol. The van der Waals surface area contributed by atoms with Crippen LogP contribution in [0.4, 0.5) is 5.82 Å². The Kier molecular flexibility index (Phi) is 5.73. The molecule has 7 nitrogen and oxygen atoms in total. The molecule has 9 heteroatoms. The van der Waals surface area contributed by atoms with E-state index in [9.17, 15) is 13.2 Å². The van der Waals surface area contributed by atoms with Crippen LogP contribution in [0.15, 0.2) is 12.3 Å². The number of anilines is 1. The molecule has 0 atom stereocenters. The predicted octanol–water partition coefficient (Wildman–Crippen LogP) is 0.398. The fourth-order valence-corrected chi connectivity index (χ4v) is 2.31. The molecule has 1 aromatic rings. The summed E-state index contributed by atoms with van der Waals surface area (Å²) in [5.74, 6) is -0.115. The maximum Gasteiger partial charge on any atom is 0.252 e. The lowest BCUT2D eigenvalue weighted by Crippen LogP contribution is -2.33. The molecule has 112 valence electrons. The molecule has 0 radical (unpaired) electrons. The average Bonchev–Trinajstić information content (AvgIpc) is 2.38. The number of rotatable bonds is 6. The Bertz CT molecular complexity index is 589. The monoisotopic (exact) mass is 320 g/mol. The van der Waals surface area contributed by atoms with E-state index in [0.717, 1.165) is 4.31 Å². The van der Waals surface area contributed by atoms with Crippen molar-refractivity contribution in [2.24, 2.45) is 0 Å². The summed E-state index contributed by atoms with van der Waals surface area (Å²) in [4.78, 5) is 15.8. The quantitative estimate of drug-likeness (QED) is 0.791. The highest BCUT2D eigenvalue weighted by Crippen LogP contribution is 2.19. The number of nitrogens with zero attached hydrogens (tertiary/aromatic N) is 2. The van der Waals surface area contributed by atoms with Gasteiger partial charge in [0.05, 0.1) is 16.3 Å². The molecule has 1 rings (SSSR count). The highest BCUT2D eigenvalue weighted by Gasteiger charge is 2.14. The van der Waals surface area contributed by atoms with Crippen LogP contribution in [0, 0.1) is 0 Å². The van der Waals surface area contributed by atoms with Gasteiger partial charge >= 0.3 is 0 Å². The first-order valence-electron chi connectivity index (χ1n) is 5.79. The van der Waals surface area contributed by atoms with E-state index in [1.807, 2.05) is 0 Å². The summed E-state index contributed by atoms with van der Waals surface area (Å²) < 4.78 is 24.1. The average molecular weight is 321 g/mol. The zero-order valence-corrected chi connectivity index (χ0v) is 13.0. The van der Waals surface area contributed by atoms with Gasteiger partial charge in [0.15, 0.2) is 0 Å². The smallest absolute Gasteiger partial charge is 0.252 e. The van der Waals surface area contributed by atoms with Crippen LogP contribution in [0.1, 0.15) is 10.4 Å². The lowest BCUT2D eigenvalue weighted by molar-refractivity contribution is 0.0955. The van der Waals surface area contributed by atoms with Crippen molar-refractivity contribution >= 4 is 33.3 Å². The molecule has 0 fully saturated rings. The first-order chi connectivity index (χ1) is 9.27. The molecule has 1 amide bonds. The standard InChI is InChI=1S/C11H17ClN4O3S/c1-13-10-9(12)6-8(7-15-10)11(17)14-4-5-20(18,19)16(2)3/h6-7H,4-5H2,1-3H3,(H,13,15)(H,14,17). The van der Waals surface area contributed by atoms with E-state index in [1.54, 1.807) is 7.05 Å². The first kappa shape index (κ1) is 16.7. The second-order valence-electron chi connectivity index (χ2n) is 4.16. The van der Waals surface area contributed by atoms with Crippen molar-refractivity contribution in [2.75, 3.05) is 38.8 Å². The van der Waals surface area contributed by atoms with Gasteiger partial charge in [-0.3, -0.25) is 4.79 Å². The van der Waals surface area contributed by atoms with Crippen LogP contribution < -0.4 is 10.6 Å². The minimum atomic E-state index is -3.33. The second-order valence-corrected chi connectivity index (χ2v) is 6.87. The van der Waals surface area contributed by atoms with E-state index in [0.29, 0.717) is 10.8 Å². The minimum absolute atomic E-state index is 0.0186. The Labute approximate surface area is 123 Å². The molecule has 0 aliphatic carbocycles. The Balaban J connectivity index is 2.62. The fourth-order valence-electron chi connectivity index (χ4n) is 1.32. The summed E-state index contributed by atoms with van der Waals surface area (Å²) in [7, 11) is 1.22. The Morgan fingerprint density at radius 1 is 1.45 bits per heavy atom. The molecule has 0 aromatic carbocycles. The number of pyridine rings is 1. The third-order valence-corrected chi connectivity index (χ3v) is 4.66. The van der Waals surface area contributed by atoms with Crippen LogP contribution in [-0.4, -0.2) is 57.1 Å². The molecule has 0 bridgehead atoms. The summed E-state index contributed by atoms with van der Waals surface area (Å²) >= 11 is 5.91. The Morgan fingerprint density at radius 2 is 2.10 bits per heavy atom. The largest absolute Gasteiger partial charge is 0.372 e. The van der Waals surface area contributed by atoms with Crippen LogP contribution >= 0.6 is 11.6 Å². The number of halogens is 1. The SMILES string of the molecule is CNc1ncc(C(=O)NCCS(=O)(=O)N(C)C)cc1Cl. The minimum Gasteiger partial charge on any atom is -0.372 e. The zero-order chi connectivity index (χ0) is 15.3. The van der Waals surface area contributed by atoms with Crippen molar-refractivity contribution in [3.63, 3.8) is 0 Å². The number of sulfonamides is 1. The lowest BCUT2D eigenvalue weighted by atomic mass is 10.2. The van der Waals surface area contributed by atoms with Gasteiger partial charge in [0.2, 0.25) is 10.0 Å². The zero-order valence-electron chi connectivity index (χ0n) is 11.5. The first-order valence-corrected chi connectivity index (χ1v) is 7.78. The van der Waals surface area contributed by atoms with E-state index < -0.39 is 15.9 Å².